The van der Waals surface area contributed by atoms with E-state index in [0.29, 0.717) is 0 Å². The SMILES string of the molecule is CC(C)CCCC(C)C1CC[N]C1. The van der Waals surface area contributed by atoms with Crippen LogP contribution in [0.1, 0.15) is 46.5 Å². The lowest BCUT2D eigenvalue weighted by molar-refractivity contribution is 0.343. The summed E-state index contributed by atoms with van der Waals surface area (Å²) in [4.78, 5) is 0. The average Bonchev–Trinajstić information content (AvgIpc) is 2.55. The molecule has 0 aromatic carbocycles. The van der Waals surface area contributed by atoms with E-state index in [0.717, 1.165) is 30.8 Å². The second kappa shape index (κ2) is 5.64. The first-order valence-corrected chi connectivity index (χ1v) is 5.83. The van der Waals surface area contributed by atoms with Crippen LogP contribution in [0.4, 0.5) is 0 Å². The molecule has 0 bridgehead atoms. The average molecular weight is 182 g/mol. The minimum absolute atomic E-state index is 0.875. The van der Waals surface area contributed by atoms with E-state index >= 15 is 0 Å². The molecular formula is C12H24N. The van der Waals surface area contributed by atoms with Gasteiger partial charge in [-0.1, -0.05) is 40.0 Å². The first-order valence-electron chi connectivity index (χ1n) is 5.83. The molecule has 0 saturated carbocycles. The van der Waals surface area contributed by atoms with E-state index in [9.17, 15) is 0 Å². The van der Waals surface area contributed by atoms with Gasteiger partial charge in [-0.3, -0.25) is 0 Å². The van der Waals surface area contributed by atoms with Crippen molar-refractivity contribution in [3.63, 3.8) is 0 Å². The third-order valence-electron chi connectivity index (χ3n) is 3.27. The fourth-order valence-corrected chi connectivity index (χ4v) is 2.15. The lowest BCUT2D eigenvalue weighted by Gasteiger charge is -2.18. The molecule has 1 rings (SSSR count). The summed E-state index contributed by atoms with van der Waals surface area (Å²) in [5, 5.41) is 4.43. The zero-order chi connectivity index (χ0) is 9.68. The normalized spacial score (nSPS) is 25.4. The topological polar surface area (TPSA) is 14.1 Å². The number of hydrogen-bond acceptors (Lipinski definition) is 0. The fourth-order valence-electron chi connectivity index (χ4n) is 2.15. The molecule has 1 nitrogen and oxygen atoms in total. The van der Waals surface area contributed by atoms with Crippen LogP contribution in [0.25, 0.3) is 0 Å². The largest absolute Gasteiger partial charge is 0.241 e. The minimum atomic E-state index is 0.875. The molecule has 0 amide bonds. The molecule has 1 fully saturated rings. The number of hydrogen-bond donors (Lipinski definition) is 0. The van der Waals surface area contributed by atoms with Crippen LogP contribution in [0.15, 0.2) is 0 Å². The Hall–Kier alpha value is -0.0400. The van der Waals surface area contributed by atoms with Gasteiger partial charge in [0.05, 0.1) is 0 Å². The van der Waals surface area contributed by atoms with Crippen LogP contribution in [0.5, 0.6) is 0 Å². The molecule has 2 atom stereocenters. The quantitative estimate of drug-likeness (QED) is 0.620. The molecule has 13 heavy (non-hydrogen) atoms. The maximum absolute atomic E-state index is 4.43. The Balaban J connectivity index is 2.06. The van der Waals surface area contributed by atoms with E-state index in [2.05, 4.69) is 26.1 Å². The molecule has 1 aliphatic rings. The van der Waals surface area contributed by atoms with Gasteiger partial charge < -0.3 is 0 Å². The standard InChI is InChI=1S/C12H24N/c1-10(2)5-4-6-11(3)12-7-8-13-9-12/h10-12H,4-9H2,1-3H3. The molecule has 2 unspecified atom stereocenters. The second-order valence-corrected chi connectivity index (χ2v) is 4.98. The Kier molecular flexibility index (Phi) is 4.79. The van der Waals surface area contributed by atoms with Gasteiger partial charge in [-0.2, -0.15) is 0 Å². The molecular weight excluding hydrogens is 158 g/mol. The summed E-state index contributed by atoms with van der Waals surface area (Å²) in [6.07, 6.45) is 5.57. The molecule has 1 heterocycles. The highest BCUT2D eigenvalue weighted by Crippen LogP contribution is 2.24. The van der Waals surface area contributed by atoms with Gasteiger partial charge in [-0.05, 0) is 24.2 Å². The fraction of sp³-hybridized carbons (Fsp3) is 1.00. The summed E-state index contributed by atoms with van der Waals surface area (Å²) >= 11 is 0. The molecule has 1 heteroatoms. The van der Waals surface area contributed by atoms with Gasteiger partial charge in [0.25, 0.3) is 0 Å². The van der Waals surface area contributed by atoms with Gasteiger partial charge in [0.15, 0.2) is 0 Å². The second-order valence-electron chi connectivity index (χ2n) is 4.98. The summed E-state index contributed by atoms with van der Waals surface area (Å²) in [6.45, 7) is 9.30. The lowest BCUT2D eigenvalue weighted by Crippen LogP contribution is -2.13. The van der Waals surface area contributed by atoms with E-state index < -0.39 is 0 Å². The predicted octanol–water partition coefficient (Wildman–Crippen LogP) is 3.07. The van der Waals surface area contributed by atoms with Gasteiger partial charge >= 0.3 is 0 Å². The van der Waals surface area contributed by atoms with Gasteiger partial charge in [-0.15, -0.1) is 0 Å². The summed E-state index contributed by atoms with van der Waals surface area (Å²) in [5.74, 6) is 2.69. The van der Waals surface area contributed by atoms with Crippen LogP contribution in [0.3, 0.4) is 0 Å². The summed E-state index contributed by atoms with van der Waals surface area (Å²) in [7, 11) is 0. The van der Waals surface area contributed by atoms with Gasteiger partial charge in [0.1, 0.15) is 0 Å². The minimum Gasteiger partial charge on any atom is -0.241 e. The zero-order valence-electron chi connectivity index (χ0n) is 9.42. The van der Waals surface area contributed by atoms with Crippen molar-refractivity contribution in [1.29, 1.82) is 0 Å². The molecule has 0 N–H and O–H groups in total. The van der Waals surface area contributed by atoms with E-state index in [-0.39, 0.29) is 0 Å². The molecule has 0 aliphatic carbocycles. The highest BCUT2D eigenvalue weighted by atomic mass is 14.9. The summed E-state index contributed by atoms with van der Waals surface area (Å²) in [6, 6.07) is 0. The molecule has 0 spiro atoms. The van der Waals surface area contributed by atoms with Crippen molar-refractivity contribution in [2.24, 2.45) is 17.8 Å². The van der Waals surface area contributed by atoms with Gasteiger partial charge in [0, 0.05) is 13.1 Å². The van der Waals surface area contributed by atoms with Crippen LogP contribution in [-0.2, 0) is 0 Å². The highest BCUT2D eigenvalue weighted by Gasteiger charge is 2.21. The van der Waals surface area contributed by atoms with E-state index in [1.165, 1.54) is 25.7 Å². The Morgan fingerprint density at radius 1 is 1.23 bits per heavy atom. The maximum Gasteiger partial charge on any atom is 0.0164 e. The van der Waals surface area contributed by atoms with Crippen molar-refractivity contribution in [1.82, 2.24) is 5.32 Å². The Morgan fingerprint density at radius 3 is 2.54 bits per heavy atom. The van der Waals surface area contributed by atoms with Crippen LogP contribution in [-0.4, -0.2) is 13.1 Å². The Morgan fingerprint density at radius 2 is 2.00 bits per heavy atom. The van der Waals surface area contributed by atoms with Crippen LogP contribution in [0, 0.1) is 17.8 Å². The van der Waals surface area contributed by atoms with Crippen molar-refractivity contribution in [2.45, 2.75) is 46.5 Å². The number of rotatable bonds is 5. The van der Waals surface area contributed by atoms with Crippen LogP contribution < -0.4 is 5.32 Å². The van der Waals surface area contributed by atoms with Crippen LogP contribution in [0.2, 0.25) is 0 Å². The van der Waals surface area contributed by atoms with Crippen molar-refractivity contribution < 1.29 is 0 Å². The Labute approximate surface area is 83.3 Å². The molecule has 0 aromatic heterocycles. The smallest absolute Gasteiger partial charge is 0.0164 e. The van der Waals surface area contributed by atoms with Crippen molar-refractivity contribution in [2.75, 3.05) is 13.1 Å². The lowest BCUT2D eigenvalue weighted by atomic mass is 9.88. The third kappa shape index (κ3) is 4.12. The predicted molar refractivity (Wildman–Crippen MR) is 57.8 cm³/mol. The van der Waals surface area contributed by atoms with Crippen molar-refractivity contribution >= 4 is 0 Å². The first-order chi connectivity index (χ1) is 6.20. The number of nitrogens with zero attached hydrogens (tertiary/aromatic N) is 1. The van der Waals surface area contributed by atoms with Crippen molar-refractivity contribution in [3.05, 3.63) is 0 Å². The molecule has 0 aromatic rings. The monoisotopic (exact) mass is 182 g/mol. The maximum atomic E-state index is 4.43. The third-order valence-corrected chi connectivity index (χ3v) is 3.27. The summed E-state index contributed by atoms with van der Waals surface area (Å²) in [5.41, 5.74) is 0. The van der Waals surface area contributed by atoms with Crippen LogP contribution >= 0.6 is 0 Å². The van der Waals surface area contributed by atoms with E-state index in [1.807, 2.05) is 0 Å². The molecule has 77 valence electrons. The Bertz CT molecular complexity index is 125. The summed E-state index contributed by atoms with van der Waals surface area (Å²) < 4.78 is 0. The molecule has 1 saturated heterocycles. The van der Waals surface area contributed by atoms with Gasteiger partial charge in [0.2, 0.25) is 0 Å². The van der Waals surface area contributed by atoms with Crippen molar-refractivity contribution in [3.8, 4) is 0 Å². The highest BCUT2D eigenvalue weighted by molar-refractivity contribution is 4.75. The first kappa shape index (κ1) is 11.0. The van der Waals surface area contributed by atoms with E-state index in [1.54, 1.807) is 0 Å². The van der Waals surface area contributed by atoms with Gasteiger partial charge in [-0.25, -0.2) is 5.32 Å². The molecule has 1 aliphatic heterocycles. The molecule has 1 radical (unpaired) electrons. The zero-order valence-corrected chi connectivity index (χ0v) is 9.42. The van der Waals surface area contributed by atoms with E-state index in [4.69, 9.17) is 0 Å².